The van der Waals surface area contributed by atoms with Gasteiger partial charge < -0.3 is 4.57 Å². The first kappa shape index (κ1) is 24.9. The largest absolute Gasteiger partial charge is 0.309 e. The third-order valence-corrected chi connectivity index (χ3v) is 11.3. The molecule has 8 aromatic rings. The van der Waals surface area contributed by atoms with Gasteiger partial charge in [0.25, 0.3) is 0 Å². The lowest BCUT2D eigenvalue weighted by atomic mass is 9.73. The number of rotatable bonds is 4. The molecule has 206 valence electrons. The van der Waals surface area contributed by atoms with Crippen molar-refractivity contribution in [3.05, 3.63) is 139 Å². The monoisotopic (exact) mass is 569 g/mol. The number of aromatic nitrogens is 1. The zero-order valence-corrected chi connectivity index (χ0v) is 25.2. The van der Waals surface area contributed by atoms with E-state index >= 15 is 0 Å². The van der Waals surface area contributed by atoms with Gasteiger partial charge in [0.15, 0.2) is 0 Å². The molecule has 1 aliphatic carbocycles. The SMILES string of the molecule is CCC1(CC)c2ccccc2-c2cc3c(cc21)c1ccccc1n3-c1ccc(-c2cccc3c2sc2ccccc23)cc1. The van der Waals surface area contributed by atoms with Crippen molar-refractivity contribution in [2.45, 2.75) is 32.1 Å². The fraction of sp³-hybridized carbons (Fsp3) is 0.122. The van der Waals surface area contributed by atoms with Gasteiger partial charge in [-0.1, -0.05) is 105 Å². The van der Waals surface area contributed by atoms with Crippen LogP contribution in [0.3, 0.4) is 0 Å². The van der Waals surface area contributed by atoms with E-state index in [2.05, 4.69) is 146 Å². The van der Waals surface area contributed by atoms with E-state index in [4.69, 9.17) is 0 Å². The van der Waals surface area contributed by atoms with Crippen LogP contribution < -0.4 is 0 Å². The van der Waals surface area contributed by atoms with Gasteiger partial charge in [-0.05, 0) is 82.6 Å². The van der Waals surface area contributed by atoms with Gasteiger partial charge in [0.05, 0.1) is 11.0 Å². The summed E-state index contributed by atoms with van der Waals surface area (Å²) in [4.78, 5) is 0. The first-order valence-corrected chi connectivity index (χ1v) is 16.2. The summed E-state index contributed by atoms with van der Waals surface area (Å²) in [6, 6.07) is 47.7. The minimum atomic E-state index is 0.0680. The third-order valence-electron chi connectivity index (χ3n) is 10.1. The fourth-order valence-electron chi connectivity index (χ4n) is 7.97. The molecule has 0 unspecified atom stereocenters. The Hall–Kier alpha value is -4.66. The second-order valence-electron chi connectivity index (χ2n) is 11.9. The first-order chi connectivity index (χ1) is 21.2. The van der Waals surface area contributed by atoms with E-state index in [1.165, 1.54) is 81.0 Å². The van der Waals surface area contributed by atoms with Crippen LogP contribution in [-0.4, -0.2) is 4.57 Å². The predicted octanol–water partition coefficient (Wildman–Crippen LogP) is 11.9. The number of benzene rings is 6. The molecule has 0 fully saturated rings. The topological polar surface area (TPSA) is 4.93 Å². The predicted molar refractivity (Wildman–Crippen MR) is 186 cm³/mol. The van der Waals surface area contributed by atoms with Gasteiger partial charge in [0.2, 0.25) is 0 Å². The minimum absolute atomic E-state index is 0.0680. The summed E-state index contributed by atoms with van der Waals surface area (Å²) in [6.45, 7) is 4.70. The molecule has 0 spiro atoms. The molecule has 0 radical (unpaired) electrons. The normalized spacial score (nSPS) is 13.7. The summed E-state index contributed by atoms with van der Waals surface area (Å²) in [7, 11) is 0. The average Bonchev–Trinajstić information content (AvgIpc) is 3.70. The van der Waals surface area contributed by atoms with E-state index in [0.29, 0.717) is 0 Å². The Morgan fingerprint density at radius 3 is 2.07 bits per heavy atom. The summed E-state index contributed by atoms with van der Waals surface area (Å²) in [5.41, 5.74) is 12.1. The molecule has 2 aromatic heterocycles. The van der Waals surface area contributed by atoms with Crippen LogP contribution in [0.2, 0.25) is 0 Å². The van der Waals surface area contributed by atoms with Crippen molar-refractivity contribution in [1.82, 2.24) is 4.57 Å². The van der Waals surface area contributed by atoms with E-state index < -0.39 is 0 Å². The van der Waals surface area contributed by atoms with Crippen molar-refractivity contribution >= 4 is 53.3 Å². The molecule has 0 N–H and O–H groups in total. The number of fused-ring (bicyclic) bond motifs is 9. The molecule has 0 saturated heterocycles. The number of nitrogens with zero attached hydrogens (tertiary/aromatic N) is 1. The second kappa shape index (κ2) is 9.17. The van der Waals surface area contributed by atoms with Crippen LogP contribution in [-0.2, 0) is 5.41 Å². The van der Waals surface area contributed by atoms with E-state index in [1.807, 2.05) is 11.3 Å². The van der Waals surface area contributed by atoms with Crippen LogP contribution in [0.1, 0.15) is 37.8 Å². The Labute approximate surface area is 255 Å². The quantitative estimate of drug-likeness (QED) is 0.199. The molecule has 2 heteroatoms. The minimum Gasteiger partial charge on any atom is -0.309 e. The lowest BCUT2D eigenvalue weighted by Gasteiger charge is -2.29. The van der Waals surface area contributed by atoms with E-state index in [-0.39, 0.29) is 5.41 Å². The highest BCUT2D eigenvalue weighted by Gasteiger charge is 2.40. The van der Waals surface area contributed by atoms with Gasteiger partial charge in [-0.2, -0.15) is 0 Å². The van der Waals surface area contributed by atoms with Gasteiger partial charge in [-0.15, -0.1) is 11.3 Å². The van der Waals surface area contributed by atoms with Crippen LogP contribution in [0.4, 0.5) is 0 Å². The molecule has 9 rings (SSSR count). The van der Waals surface area contributed by atoms with Gasteiger partial charge in [0, 0.05) is 42.0 Å². The molecule has 1 nitrogen and oxygen atoms in total. The molecule has 0 amide bonds. The summed E-state index contributed by atoms with van der Waals surface area (Å²) >= 11 is 1.89. The zero-order chi connectivity index (χ0) is 28.7. The van der Waals surface area contributed by atoms with Crippen molar-refractivity contribution in [3.8, 4) is 27.9 Å². The van der Waals surface area contributed by atoms with Crippen LogP contribution in [0.25, 0.3) is 69.9 Å². The van der Waals surface area contributed by atoms with Gasteiger partial charge >= 0.3 is 0 Å². The van der Waals surface area contributed by atoms with Gasteiger partial charge in [-0.3, -0.25) is 0 Å². The van der Waals surface area contributed by atoms with Crippen LogP contribution in [0.15, 0.2) is 127 Å². The van der Waals surface area contributed by atoms with E-state index in [9.17, 15) is 0 Å². The summed E-state index contributed by atoms with van der Waals surface area (Å²) < 4.78 is 5.17. The fourth-order valence-corrected chi connectivity index (χ4v) is 9.21. The number of para-hydroxylation sites is 1. The van der Waals surface area contributed by atoms with Gasteiger partial charge in [-0.25, -0.2) is 0 Å². The molecule has 0 bridgehead atoms. The molecule has 6 aromatic carbocycles. The molecule has 0 saturated carbocycles. The number of hydrogen-bond donors (Lipinski definition) is 0. The Bertz CT molecular complexity index is 2360. The number of thiophene rings is 1. The van der Waals surface area contributed by atoms with E-state index in [1.54, 1.807) is 0 Å². The van der Waals surface area contributed by atoms with Crippen molar-refractivity contribution in [2.24, 2.45) is 0 Å². The van der Waals surface area contributed by atoms with Crippen molar-refractivity contribution in [2.75, 3.05) is 0 Å². The highest BCUT2D eigenvalue weighted by atomic mass is 32.1. The lowest BCUT2D eigenvalue weighted by Crippen LogP contribution is -2.22. The molecule has 1 aliphatic rings. The molecular weight excluding hydrogens is 539 g/mol. The van der Waals surface area contributed by atoms with Crippen LogP contribution in [0, 0.1) is 0 Å². The summed E-state index contributed by atoms with van der Waals surface area (Å²) in [6.07, 6.45) is 2.21. The van der Waals surface area contributed by atoms with E-state index in [0.717, 1.165) is 12.8 Å². The third kappa shape index (κ3) is 3.33. The maximum absolute atomic E-state index is 2.52. The summed E-state index contributed by atoms with van der Waals surface area (Å²) in [5, 5.41) is 5.34. The summed E-state index contributed by atoms with van der Waals surface area (Å²) in [5.74, 6) is 0. The zero-order valence-electron chi connectivity index (χ0n) is 24.4. The molecular formula is C41H31NS. The first-order valence-electron chi connectivity index (χ1n) is 15.4. The standard InChI is InChI=1S/C41H31NS/c1-3-41(4-2)35-17-8-5-12-29(35)33-25-38-34(24-36(33)41)30-13-6-9-18-37(30)42(38)27-22-20-26(21-23-27)28-15-11-16-32-31-14-7-10-19-39(31)43-40(28)32/h5-25H,3-4H2,1-2H3. The lowest BCUT2D eigenvalue weighted by molar-refractivity contribution is 0.491. The van der Waals surface area contributed by atoms with Crippen LogP contribution in [0.5, 0.6) is 0 Å². The molecule has 2 heterocycles. The Morgan fingerprint density at radius 1 is 0.535 bits per heavy atom. The Morgan fingerprint density at radius 2 is 1.23 bits per heavy atom. The van der Waals surface area contributed by atoms with Crippen molar-refractivity contribution < 1.29 is 0 Å². The maximum atomic E-state index is 2.52. The Kier molecular flexibility index (Phi) is 5.31. The van der Waals surface area contributed by atoms with Crippen molar-refractivity contribution in [1.29, 1.82) is 0 Å². The maximum Gasteiger partial charge on any atom is 0.0547 e. The molecule has 43 heavy (non-hydrogen) atoms. The highest BCUT2D eigenvalue weighted by Crippen LogP contribution is 2.54. The van der Waals surface area contributed by atoms with Crippen molar-refractivity contribution in [3.63, 3.8) is 0 Å². The second-order valence-corrected chi connectivity index (χ2v) is 13.0. The average molecular weight is 570 g/mol. The Balaban J connectivity index is 1.25. The molecule has 0 atom stereocenters. The molecule has 0 aliphatic heterocycles. The van der Waals surface area contributed by atoms with Gasteiger partial charge in [0.1, 0.15) is 0 Å². The van der Waals surface area contributed by atoms with Crippen LogP contribution >= 0.6 is 11.3 Å². The highest BCUT2D eigenvalue weighted by molar-refractivity contribution is 7.26. The smallest absolute Gasteiger partial charge is 0.0547 e. The number of hydrogen-bond acceptors (Lipinski definition) is 1.